The maximum Gasteiger partial charge on any atom is 0.217 e. The van der Waals surface area contributed by atoms with Crippen LogP contribution >= 0.6 is 0 Å². The molecule has 1 aliphatic carbocycles. The van der Waals surface area contributed by atoms with Gasteiger partial charge in [-0.25, -0.2) is 18.1 Å². The van der Waals surface area contributed by atoms with E-state index in [9.17, 15) is 8.42 Å². The highest BCUT2D eigenvalue weighted by atomic mass is 32.2. The first-order valence-corrected chi connectivity index (χ1v) is 12.6. The second-order valence-corrected chi connectivity index (χ2v) is 10.2. The average molecular weight is 480 g/mol. The molecule has 0 aliphatic heterocycles. The van der Waals surface area contributed by atoms with Gasteiger partial charge in [0.1, 0.15) is 5.75 Å². The lowest BCUT2D eigenvalue weighted by Gasteiger charge is -2.34. The molecule has 10 heteroatoms. The quantitative estimate of drug-likeness (QED) is 0.366. The van der Waals surface area contributed by atoms with Crippen molar-refractivity contribution in [2.24, 2.45) is 0 Å². The van der Waals surface area contributed by atoms with E-state index < -0.39 is 21.0 Å². The van der Waals surface area contributed by atoms with Crippen molar-refractivity contribution in [3.63, 3.8) is 0 Å². The summed E-state index contributed by atoms with van der Waals surface area (Å²) in [4.78, 5) is 8.43. The van der Waals surface area contributed by atoms with Crippen LogP contribution in [0.3, 0.4) is 0 Å². The molecule has 0 bridgehead atoms. The molecule has 3 aromatic heterocycles. The number of fused-ring (bicyclic) bond motifs is 1. The Labute approximate surface area is 197 Å². The Balaban J connectivity index is 1.53. The fourth-order valence-corrected chi connectivity index (χ4v) is 5.57. The Morgan fingerprint density at radius 2 is 2.00 bits per heavy atom. The molecule has 1 N–H and O–H groups in total. The van der Waals surface area contributed by atoms with Crippen molar-refractivity contribution in [1.29, 1.82) is 0 Å². The molecule has 1 fully saturated rings. The second-order valence-electron chi connectivity index (χ2n) is 8.21. The predicted octanol–water partition coefficient (Wildman–Crippen LogP) is 3.55. The highest BCUT2D eigenvalue weighted by molar-refractivity contribution is 7.90. The fraction of sp³-hybridized carbons (Fsp3) is 0.292. The summed E-state index contributed by atoms with van der Waals surface area (Å²) in [6, 6.07) is 12.8. The van der Waals surface area contributed by atoms with E-state index in [1.165, 1.54) is 7.11 Å². The molecule has 9 nitrogen and oxygen atoms in total. The SMILES string of the molecule is CCC(NS(=O)(=O)C1CC1)(Oc1ccc2c(cnn2-c2cccnc2)c1)c1ccc(OC)nc1. The van der Waals surface area contributed by atoms with Gasteiger partial charge in [0.2, 0.25) is 21.6 Å². The van der Waals surface area contributed by atoms with Gasteiger partial charge in [0.05, 0.1) is 36.0 Å². The monoisotopic (exact) mass is 479 g/mol. The molecule has 1 unspecified atom stereocenters. The largest absolute Gasteiger partial charge is 0.481 e. The summed E-state index contributed by atoms with van der Waals surface area (Å²) >= 11 is 0. The molecule has 0 amide bonds. The van der Waals surface area contributed by atoms with Crippen LogP contribution in [0.5, 0.6) is 11.6 Å². The minimum atomic E-state index is -3.57. The number of hydrogen-bond acceptors (Lipinski definition) is 7. The minimum absolute atomic E-state index is 0.347. The lowest BCUT2D eigenvalue weighted by Crippen LogP contribution is -2.51. The van der Waals surface area contributed by atoms with Gasteiger partial charge in [0.15, 0.2) is 0 Å². The van der Waals surface area contributed by atoms with Gasteiger partial charge in [0.25, 0.3) is 0 Å². The number of benzene rings is 1. The topological polar surface area (TPSA) is 108 Å². The molecule has 1 atom stereocenters. The average Bonchev–Trinajstić information content (AvgIpc) is 3.65. The number of nitrogens with one attached hydrogen (secondary N) is 1. The van der Waals surface area contributed by atoms with Gasteiger partial charge in [-0.3, -0.25) is 4.98 Å². The summed E-state index contributed by atoms with van der Waals surface area (Å²) in [5, 5.41) is 4.93. The van der Waals surface area contributed by atoms with Gasteiger partial charge < -0.3 is 9.47 Å². The van der Waals surface area contributed by atoms with Crippen molar-refractivity contribution in [3.8, 4) is 17.3 Å². The molecule has 34 heavy (non-hydrogen) atoms. The van der Waals surface area contributed by atoms with Crippen LogP contribution in [0.1, 0.15) is 31.7 Å². The van der Waals surface area contributed by atoms with Crippen molar-refractivity contribution in [2.75, 3.05) is 7.11 Å². The van der Waals surface area contributed by atoms with Crippen LogP contribution in [0, 0.1) is 0 Å². The Morgan fingerprint density at radius 1 is 1.15 bits per heavy atom. The van der Waals surface area contributed by atoms with Crippen LogP contribution in [0.2, 0.25) is 0 Å². The van der Waals surface area contributed by atoms with E-state index in [1.54, 1.807) is 41.6 Å². The third kappa shape index (κ3) is 4.22. The van der Waals surface area contributed by atoms with E-state index in [0.29, 0.717) is 36.5 Å². The first-order valence-electron chi connectivity index (χ1n) is 11.0. The van der Waals surface area contributed by atoms with Crippen molar-refractivity contribution in [1.82, 2.24) is 24.5 Å². The highest BCUT2D eigenvalue weighted by Crippen LogP contribution is 2.36. The summed E-state index contributed by atoms with van der Waals surface area (Å²) in [5.74, 6) is 0.942. The third-order valence-corrected chi connectivity index (χ3v) is 7.87. The molecule has 4 aromatic rings. The van der Waals surface area contributed by atoms with Gasteiger partial charge in [-0.15, -0.1) is 0 Å². The normalized spacial score (nSPS) is 15.7. The predicted molar refractivity (Wildman–Crippen MR) is 127 cm³/mol. The zero-order chi connectivity index (χ0) is 23.8. The number of ether oxygens (including phenoxy) is 2. The third-order valence-electron chi connectivity index (χ3n) is 5.90. The summed E-state index contributed by atoms with van der Waals surface area (Å²) in [6.07, 6.45) is 8.41. The number of aromatic nitrogens is 4. The van der Waals surface area contributed by atoms with Gasteiger partial charge in [-0.05, 0) is 49.2 Å². The van der Waals surface area contributed by atoms with E-state index in [4.69, 9.17) is 9.47 Å². The van der Waals surface area contributed by atoms with E-state index in [1.807, 2.05) is 37.3 Å². The smallest absolute Gasteiger partial charge is 0.217 e. The van der Waals surface area contributed by atoms with Crippen molar-refractivity contribution >= 4 is 20.9 Å². The maximum atomic E-state index is 13.0. The number of rotatable bonds is 9. The summed E-state index contributed by atoms with van der Waals surface area (Å²) < 4.78 is 42.2. The van der Waals surface area contributed by atoms with Crippen LogP contribution in [0.25, 0.3) is 16.6 Å². The first kappa shape index (κ1) is 22.3. The summed E-state index contributed by atoms with van der Waals surface area (Å²) in [7, 11) is -2.04. The molecule has 0 radical (unpaired) electrons. The molecule has 3 heterocycles. The van der Waals surface area contributed by atoms with Crippen molar-refractivity contribution < 1.29 is 17.9 Å². The van der Waals surface area contributed by atoms with Gasteiger partial charge >= 0.3 is 0 Å². The molecule has 0 spiro atoms. The Hall–Kier alpha value is -3.50. The lowest BCUT2D eigenvalue weighted by atomic mass is 10.0. The highest BCUT2D eigenvalue weighted by Gasteiger charge is 2.44. The Bertz CT molecular complexity index is 1400. The number of pyridine rings is 2. The van der Waals surface area contributed by atoms with Crippen molar-refractivity contribution in [2.45, 2.75) is 37.2 Å². The van der Waals surface area contributed by atoms with Gasteiger partial charge in [-0.1, -0.05) is 6.92 Å². The Kier molecular flexibility index (Phi) is 5.70. The van der Waals surface area contributed by atoms with Crippen LogP contribution in [-0.2, 0) is 15.7 Å². The van der Waals surface area contributed by atoms with Crippen LogP contribution in [-0.4, -0.2) is 40.5 Å². The zero-order valence-corrected chi connectivity index (χ0v) is 19.7. The van der Waals surface area contributed by atoms with E-state index in [-0.39, 0.29) is 0 Å². The molecular formula is C24H25N5O4S. The van der Waals surface area contributed by atoms with Crippen LogP contribution in [0.4, 0.5) is 0 Å². The molecule has 1 aliphatic rings. The minimum Gasteiger partial charge on any atom is -0.481 e. The summed E-state index contributed by atoms with van der Waals surface area (Å²) in [6.45, 7) is 1.87. The standard InChI is InChI=1S/C24H25N5O4S/c1-3-24(28-34(30,31)21-8-9-21,18-6-11-23(32-2)26-15-18)33-20-7-10-22-17(13-20)14-27-29(22)19-5-4-12-25-16-19/h4-7,10-16,21,28H,3,8-9H2,1-2H3. The number of nitrogens with zero attached hydrogens (tertiary/aromatic N) is 4. The number of methoxy groups -OCH3 is 1. The second kappa shape index (κ2) is 8.69. The summed E-state index contributed by atoms with van der Waals surface area (Å²) in [5.41, 5.74) is 0.988. The van der Waals surface area contributed by atoms with E-state index in [2.05, 4.69) is 19.8 Å². The maximum absolute atomic E-state index is 13.0. The van der Waals surface area contributed by atoms with E-state index in [0.717, 1.165) is 16.6 Å². The zero-order valence-electron chi connectivity index (χ0n) is 18.9. The van der Waals surface area contributed by atoms with Crippen LogP contribution < -0.4 is 14.2 Å². The van der Waals surface area contributed by atoms with Crippen LogP contribution in [0.15, 0.2) is 67.3 Å². The van der Waals surface area contributed by atoms with Gasteiger partial charge in [-0.2, -0.15) is 9.82 Å². The van der Waals surface area contributed by atoms with E-state index >= 15 is 0 Å². The molecule has 1 saturated carbocycles. The molecule has 1 aromatic carbocycles. The first-order chi connectivity index (χ1) is 16.4. The fourth-order valence-electron chi connectivity index (χ4n) is 3.88. The molecular weight excluding hydrogens is 454 g/mol. The van der Waals surface area contributed by atoms with Crippen molar-refractivity contribution in [3.05, 3.63) is 72.8 Å². The Morgan fingerprint density at radius 3 is 2.65 bits per heavy atom. The van der Waals surface area contributed by atoms with Gasteiger partial charge in [0, 0.05) is 35.8 Å². The molecule has 176 valence electrons. The number of sulfonamides is 1. The molecule has 0 saturated heterocycles. The molecule has 5 rings (SSSR count). The lowest BCUT2D eigenvalue weighted by molar-refractivity contribution is 0.0491. The number of hydrogen-bond donors (Lipinski definition) is 1.